The number of amides is 1. The third-order valence-electron chi connectivity index (χ3n) is 4.99. The number of aromatic nitrogens is 2. The summed E-state index contributed by atoms with van der Waals surface area (Å²) in [5.74, 6) is -0.0450. The molecule has 0 bridgehead atoms. The van der Waals surface area contributed by atoms with Gasteiger partial charge < -0.3 is 15.4 Å². The van der Waals surface area contributed by atoms with Gasteiger partial charge in [0.1, 0.15) is 6.04 Å². The first kappa shape index (κ1) is 19.5. The van der Waals surface area contributed by atoms with Crippen molar-refractivity contribution in [3.05, 3.63) is 53.3 Å². The van der Waals surface area contributed by atoms with Gasteiger partial charge in [0, 0.05) is 38.4 Å². The Morgan fingerprint density at radius 1 is 1.30 bits per heavy atom. The summed E-state index contributed by atoms with van der Waals surface area (Å²) in [6.45, 7) is 5.84. The number of carbonyl (C=O) groups is 1. The lowest BCUT2D eigenvalue weighted by Crippen LogP contribution is -2.45. The fourth-order valence-electron chi connectivity index (χ4n) is 3.56. The molecule has 146 valence electrons. The van der Waals surface area contributed by atoms with Gasteiger partial charge in [0.05, 0.1) is 25.5 Å². The number of nitrogens with zero attached hydrogens (tertiary/aromatic N) is 3. The minimum absolute atomic E-state index is 0.0450. The van der Waals surface area contributed by atoms with E-state index in [9.17, 15) is 4.79 Å². The zero-order chi connectivity index (χ0) is 19.2. The number of hydrogen-bond acceptors (Lipinski definition) is 5. The molecular formula is C20H29N5O2. The summed E-state index contributed by atoms with van der Waals surface area (Å²) in [6.07, 6.45) is 3.58. The average molecular weight is 371 g/mol. The maximum absolute atomic E-state index is 12.8. The molecule has 3 rings (SSSR count). The van der Waals surface area contributed by atoms with Gasteiger partial charge in [0.15, 0.2) is 0 Å². The number of morpholine rings is 1. The van der Waals surface area contributed by atoms with Crippen LogP contribution in [-0.2, 0) is 16.6 Å². The van der Waals surface area contributed by atoms with E-state index in [1.807, 2.05) is 13.2 Å². The van der Waals surface area contributed by atoms with Crippen LogP contribution in [0.4, 0.5) is 0 Å². The summed E-state index contributed by atoms with van der Waals surface area (Å²) < 4.78 is 7.21. The Bertz CT molecular complexity index is 754. The molecule has 7 nitrogen and oxygen atoms in total. The lowest BCUT2D eigenvalue weighted by Gasteiger charge is -2.35. The lowest BCUT2D eigenvalue weighted by molar-refractivity contribution is -0.123. The zero-order valence-corrected chi connectivity index (χ0v) is 16.3. The quantitative estimate of drug-likeness (QED) is 0.765. The smallest absolute Gasteiger partial charge is 0.241 e. The SMILES string of the molecule is CNC(C(=O)NCC(c1cccc(C)c1)N1CCOCC1)c1cnn(C)c1. The van der Waals surface area contributed by atoms with Gasteiger partial charge in [-0.25, -0.2) is 0 Å². The average Bonchev–Trinajstić information content (AvgIpc) is 3.09. The molecule has 0 aliphatic carbocycles. The third-order valence-corrected chi connectivity index (χ3v) is 4.99. The van der Waals surface area contributed by atoms with E-state index in [4.69, 9.17) is 4.74 Å². The number of rotatable bonds is 7. The first-order valence-electron chi connectivity index (χ1n) is 9.40. The van der Waals surface area contributed by atoms with Gasteiger partial charge in [-0.2, -0.15) is 5.10 Å². The van der Waals surface area contributed by atoms with Crippen LogP contribution < -0.4 is 10.6 Å². The summed E-state index contributed by atoms with van der Waals surface area (Å²) in [6, 6.07) is 8.22. The monoisotopic (exact) mass is 371 g/mol. The molecule has 0 saturated carbocycles. The van der Waals surface area contributed by atoms with Crippen LogP contribution in [0.2, 0.25) is 0 Å². The van der Waals surface area contributed by atoms with E-state index in [1.54, 1.807) is 17.9 Å². The summed E-state index contributed by atoms with van der Waals surface area (Å²) in [5, 5.41) is 10.4. The Morgan fingerprint density at radius 2 is 2.07 bits per heavy atom. The number of benzene rings is 1. The standard InChI is InChI=1S/C20H29N5O2/c1-15-5-4-6-16(11-15)18(25-7-9-27-10-8-25)13-22-20(26)19(21-2)17-12-23-24(3)14-17/h4-6,11-12,14,18-19,21H,7-10,13H2,1-3H3,(H,22,26). The lowest BCUT2D eigenvalue weighted by atomic mass is 10.0. The molecule has 2 heterocycles. The van der Waals surface area contributed by atoms with Crippen molar-refractivity contribution >= 4 is 5.91 Å². The van der Waals surface area contributed by atoms with Crippen LogP contribution in [-0.4, -0.2) is 60.5 Å². The Morgan fingerprint density at radius 3 is 2.70 bits per heavy atom. The highest BCUT2D eigenvalue weighted by molar-refractivity contribution is 5.83. The fourth-order valence-corrected chi connectivity index (χ4v) is 3.56. The number of hydrogen-bond donors (Lipinski definition) is 2. The topological polar surface area (TPSA) is 71.4 Å². The molecule has 0 spiro atoms. The maximum Gasteiger partial charge on any atom is 0.241 e. The molecule has 1 aliphatic heterocycles. The summed E-state index contributed by atoms with van der Waals surface area (Å²) >= 11 is 0. The first-order chi connectivity index (χ1) is 13.1. The summed E-state index contributed by atoms with van der Waals surface area (Å²) in [7, 11) is 3.64. The highest BCUT2D eigenvalue weighted by Gasteiger charge is 2.25. The molecule has 1 aromatic heterocycles. The predicted molar refractivity (Wildman–Crippen MR) is 104 cm³/mol. The fraction of sp³-hybridized carbons (Fsp3) is 0.500. The molecule has 1 fully saturated rings. The number of nitrogens with one attached hydrogen (secondary N) is 2. The summed E-state index contributed by atoms with van der Waals surface area (Å²) in [5.41, 5.74) is 3.30. The van der Waals surface area contributed by atoms with Crippen LogP contribution in [0.5, 0.6) is 0 Å². The van der Waals surface area contributed by atoms with Gasteiger partial charge in [0.2, 0.25) is 5.91 Å². The van der Waals surface area contributed by atoms with E-state index in [0.29, 0.717) is 6.54 Å². The first-order valence-corrected chi connectivity index (χ1v) is 9.40. The van der Waals surface area contributed by atoms with Crippen LogP contribution >= 0.6 is 0 Å². The minimum atomic E-state index is -0.415. The molecule has 1 amide bonds. The highest BCUT2D eigenvalue weighted by Crippen LogP contribution is 2.22. The van der Waals surface area contributed by atoms with Crippen molar-refractivity contribution in [2.24, 2.45) is 7.05 Å². The highest BCUT2D eigenvalue weighted by atomic mass is 16.5. The van der Waals surface area contributed by atoms with E-state index < -0.39 is 6.04 Å². The van der Waals surface area contributed by atoms with Crippen molar-refractivity contribution in [1.82, 2.24) is 25.3 Å². The molecule has 2 N–H and O–H groups in total. The molecule has 1 aromatic carbocycles. The maximum atomic E-state index is 12.8. The van der Waals surface area contributed by atoms with E-state index in [1.165, 1.54) is 11.1 Å². The van der Waals surface area contributed by atoms with Crippen LogP contribution in [0.25, 0.3) is 0 Å². The van der Waals surface area contributed by atoms with Gasteiger partial charge in [-0.05, 0) is 19.5 Å². The molecule has 2 unspecified atom stereocenters. The predicted octanol–water partition coefficient (Wildman–Crippen LogP) is 1.18. The molecule has 2 atom stereocenters. The van der Waals surface area contributed by atoms with Crippen LogP contribution in [0.15, 0.2) is 36.7 Å². The van der Waals surface area contributed by atoms with Gasteiger partial charge >= 0.3 is 0 Å². The van der Waals surface area contributed by atoms with Crippen LogP contribution in [0.1, 0.15) is 28.8 Å². The molecule has 7 heteroatoms. The van der Waals surface area contributed by atoms with E-state index in [2.05, 4.69) is 51.8 Å². The zero-order valence-electron chi connectivity index (χ0n) is 16.3. The number of carbonyl (C=O) groups excluding carboxylic acids is 1. The second kappa shape index (κ2) is 9.12. The van der Waals surface area contributed by atoms with Crippen molar-refractivity contribution in [1.29, 1.82) is 0 Å². The van der Waals surface area contributed by atoms with E-state index in [-0.39, 0.29) is 11.9 Å². The molecule has 2 aromatic rings. The van der Waals surface area contributed by atoms with E-state index in [0.717, 1.165) is 31.9 Å². The van der Waals surface area contributed by atoms with Gasteiger partial charge in [-0.15, -0.1) is 0 Å². The van der Waals surface area contributed by atoms with Crippen molar-refractivity contribution in [2.45, 2.75) is 19.0 Å². The molecule has 0 radical (unpaired) electrons. The molecular weight excluding hydrogens is 342 g/mol. The minimum Gasteiger partial charge on any atom is -0.379 e. The normalized spacial score (nSPS) is 17.4. The second-order valence-corrected chi connectivity index (χ2v) is 6.99. The van der Waals surface area contributed by atoms with E-state index >= 15 is 0 Å². The Hall–Kier alpha value is -2.22. The third kappa shape index (κ3) is 4.94. The van der Waals surface area contributed by atoms with Crippen molar-refractivity contribution in [2.75, 3.05) is 39.9 Å². The molecule has 1 aliphatic rings. The van der Waals surface area contributed by atoms with Gasteiger partial charge in [-0.1, -0.05) is 29.8 Å². The number of aryl methyl sites for hydroxylation is 2. The number of ether oxygens (including phenoxy) is 1. The van der Waals surface area contributed by atoms with Crippen LogP contribution in [0.3, 0.4) is 0 Å². The van der Waals surface area contributed by atoms with Crippen molar-refractivity contribution < 1.29 is 9.53 Å². The van der Waals surface area contributed by atoms with Crippen molar-refractivity contribution in [3.8, 4) is 0 Å². The molecule has 27 heavy (non-hydrogen) atoms. The van der Waals surface area contributed by atoms with Gasteiger partial charge in [0.25, 0.3) is 0 Å². The Labute approximate surface area is 160 Å². The second-order valence-electron chi connectivity index (χ2n) is 6.99. The Balaban J connectivity index is 1.72. The van der Waals surface area contributed by atoms with Gasteiger partial charge in [-0.3, -0.25) is 14.4 Å². The largest absolute Gasteiger partial charge is 0.379 e. The summed E-state index contributed by atoms with van der Waals surface area (Å²) in [4.78, 5) is 15.2. The Kier molecular flexibility index (Phi) is 6.60. The van der Waals surface area contributed by atoms with Crippen molar-refractivity contribution in [3.63, 3.8) is 0 Å². The molecule has 1 saturated heterocycles. The number of likely N-dealkylation sites (N-methyl/N-ethyl adjacent to an activating group) is 1. The van der Waals surface area contributed by atoms with Crippen LogP contribution in [0, 0.1) is 6.92 Å².